The lowest BCUT2D eigenvalue weighted by atomic mass is 10.1. The summed E-state index contributed by atoms with van der Waals surface area (Å²) in [7, 11) is 0. The van der Waals surface area contributed by atoms with E-state index >= 15 is 0 Å². The van der Waals surface area contributed by atoms with Gasteiger partial charge in [0.05, 0.1) is 19.3 Å². The number of hydrogen-bond acceptors (Lipinski definition) is 4. The van der Waals surface area contributed by atoms with Crippen molar-refractivity contribution in [2.75, 3.05) is 32.8 Å². The molecule has 1 saturated heterocycles. The smallest absolute Gasteiger partial charge is 0.0826 e. The standard InChI is InChI=1S/C13H28N2O2/c1-10(2)13(9-16)14-7-12-8-15(11(3)4)5-6-17-12/h10-14,16H,5-9H2,1-4H3. The third-order valence-corrected chi connectivity index (χ3v) is 3.51. The van der Waals surface area contributed by atoms with Gasteiger partial charge in [-0.3, -0.25) is 4.90 Å². The van der Waals surface area contributed by atoms with Gasteiger partial charge in [-0.15, -0.1) is 0 Å². The van der Waals surface area contributed by atoms with Crippen LogP contribution >= 0.6 is 0 Å². The van der Waals surface area contributed by atoms with E-state index in [1.165, 1.54) is 0 Å². The molecule has 2 unspecified atom stereocenters. The third kappa shape index (κ3) is 4.92. The molecule has 2 atom stereocenters. The lowest BCUT2D eigenvalue weighted by molar-refractivity contribution is -0.0393. The van der Waals surface area contributed by atoms with E-state index in [0.29, 0.717) is 12.0 Å². The Hall–Kier alpha value is -0.160. The van der Waals surface area contributed by atoms with E-state index in [9.17, 15) is 5.11 Å². The van der Waals surface area contributed by atoms with Crippen LogP contribution in [0.4, 0.5) is 0 Å². The van der Waals surface area contributed by atoms with E-state index in [1.807, 2.05) is 0 Å². The fraction of sp³-hybridized carbons (Fsp3) is 1.00. The number of hydrogen-bond donors (Lipinski definition) is 2. The van der Waals surface area contributed by atoms with Crippen molar-refractivity contribution in [1.82, 2.24) is 10.2 Å². The van der Waals surface area contributed by atoms with Crippen LogP contribution in [0.25, 0.3) is 0 Å². The summed E-state index contributed by atoms with van der Waals surface area (Å²) in [6, 6.07) is 0.758. The van der Waals surface area contributed by atoms with Crippen LogP contribution in [0.15, 0.2) is 0 Å². The van der Waals surface area contributed by atoms with Crippen LogP contribution in [-0.4, -0.2) is 61.0 Å². The molecule has 0 bridgehead atoms. The van der Waals surface area contributed by atoms with Crippen molar-refractivity contribution in [2.45, 2.75) is 45.9 Å². The van der Waals surface area contributed by atoms with Gasteiger partial charge in [0.2, 0.25) is 0 Å². The predicted octanol–water partition coefficient (Wildman–Crippen LogP) is 0.702. The summed E-state index contributed by atoms with van der Waals surface area (Å²) < 4.78 is 5.75. The summed E-state index contributed by atoms with van der Waals surface area (Å²) in [6.45, 7) is 12.5. The molecule has 1 fully saturated rings. The van der Waals surface area contributed by atoms with Crippen molar-refractivity contribution in [3.8, 4) is 0 Å². The van der Waals surface area contributed by atoms with Crippen LogP contribution in [0.5, 0.6) is 0 Å². The number of morpholine rings is 1. The Labute approximate surface area is 105 Å². The first-order valence-electron chi connectivity index (χ1n) is 6.74. The molecule has 0 aromatic carbocycles. The van der Waals surface area contributed by atoms with Crippen molar-refractivity contribution in [3.63, 3.8) is 0 Å². The summed E-state index contributed by atoms with van der Waals surface area (Å²) in [5.41, 5.74) is 0. The Kier molecular flexibility index (Phi) is 6.41. The molecule has 0 radical (unpaired) electrons. The lowest BCUT2D eigenvalue weighted by Gasteiger charge is -2.36. The number of nitrogens with one attached hydrogen (secondary N) is 1. The zero-order valence-electron chi connectivity index (χ0n) is 11.6. The summed E-state index contributed by atoms with van der Waals surface area (Å²) in [5, 5.41) is 12.6. The second kappa shape index (κ2) is 7.31. The van der Waals surface area contributed by atoms with Gasteiger partial charge in [-0.1, -0.05) is 13.8 Å². The maximum absolute atomic E-state index is 9.25. The van der Waals surface area contributed by atoms with Crippen LogP contribution in [0.2, 0.25) is 0 Å². The largest absolute Gasteiger partial charge is 0.395 e. The molecule has 0 spiro atoms. The monoisotopic (exact) mass is 244 g/mol. The molecule has 1 rings (SSSR count). The molecule has 0 amide bonds. The SMILES string of the molecule is CC(C)C(CO)NCC1CN(C(C)C)CCO1. The molecule has 17 heavy (non-hydrogen) atoms. The van der Waals surface area contributed by atoms with Gasteiger partial charge in [-0.2, -0.15) is 0 Å². The molecule has 2 N–H and O–H groups in total. The first-order chi connectivity index (χ1) is 8.04. The highest BCUT2D eigenvalue weighted by Crippen LogP contribution is 2.09. The van der Waals surface area contributed by atoms with Gasteiger partial charge in [-0.05, 0) is 19.8 Å². The first-order valence-corrected chi connectivity index (χ1v) is 6.74. The first kappa shape index (κ1) is 14.9. The molecule has 102 valence electrons. The van der Waals surface area contributed by atoms with Crippen LogP contribution < -0.4 is 5.32 Å². The van der Waals surface area contributed by atoms with Crippen LogP contribution in [0, 0.1) is 5.92 Å². The molecule has 4 nitrogen and oxygen atoms in total. The molecule has 0 aliphatic carbocycles. The van der Waals surface area contributed by atoms with Gasteiger partial charge in [-0.25, -0.2) is 0 Å². The van der Waals surface area contributed by atoms with Crippen LogP contribution in [0.1, 0.15) is 27.7 Å². The zero-order valence-corrected chi connectivity index (χ0v) is 11.6. The molecule has 0 saturated carbocycles. The Morgan fingerprint density at radius 1 is 1.35 bits per heavy atom. The summed E-state index contributed by atoms with van der Waals surface area (Å²) >= 11 is 0. The van der Waals surface area contributed by atoms with Crippen molar-refractivity contribution in [1.29, 1.82) is 0 Å². The van der Waals surface area contributed by atoms with Gasteiger partial charge in [0.15, 0.2) is 0 Å². The number of aliphatic hydroxyl groups is 1. The van der Waals surface area contributed by atoms with E-state index in [0.717, 1.165) is 26.2 Å². The van der Waals surface area contributed by atoms with Gasteiger partial charge in [0, 0.05) is 31.7 Å². The summed E-state index contributed by atoms with van der Waals surface area (Å²) in [5.74, 6) is 0.449. The molecule has 4 heteroatoms. The molecular formula is C13H28N2O2. The van der Waals surface area contributed by atoms with E-state index in [4.69, 9.17) is 4.74 Å². The average molecular weight is 244 g/mol. The number of aliphatic hydroxyl groups excluding tert-OH is 1. The third-order valence-electron chi connectivity index (χ3n) is 3.51. The van der Waals surface area contributed by atoms with Crippen molar-refractivity contribution < 1.29 is 9.84 Å². The van der Waals surface area contributed by atoms with Gasteiger partial charge >= 0.3 is 0 Å². The Bertz CT molecular complexity index is 210. The van der Waals surface area contributed by atoms with E-state index in [1.54, 1.807) is 0 Å². The molecule has 1 aliphatic heterocycles. The predicted molar refractivity (Wildman–Crippen MR) is 70.2 cm³/mol. The number of nitrogens with zero attached hydrogens (tertiary/aromatic N) is 1. The van der Waals surface area contributed by atoms with Gasteiger partial charge in [0.1, 0.15) is 0 Å². The zero-order chi connectivity index (χ0) is 12.8. The van der Waals surface area contributed by atoms with Gasteiger partial charge < -0.3 is 15.2 Å². The van der Waals surface area contributed by atoms with Crippen molar-refractivity contribution in [2.24, 2.45) is 5.92 Å². The highest BCUT2D eigenvalue weighted by atomic mass is 16.5. The highest BCUT2D eigenvalue weighted by molar-refractivity contribution is 4.78. The normalized spacial score (nSPS) is 24.5. The Balaban J connectivity index is 2.31. The van der Waals surface area contributed by atoms with E-state index < -0.39 is 0 Å². The summed E-state index contributed by atoms with van der Waals surface area (Å²) in [6.07, 6.45) is 0.249. The second-order valence-electron chi connectivity index (χ2n) is 5.52. The second-order valence-corrected chi connectivity index (χ2v) is 5.52. The van der Waals surface area contributed by atoms with Crippen LogP contribution in [0.3, 0.4) is 0 Å². The minimum atomic E-state index is 0.174. The van der Waals surface area contributed by atoms with Crippen molar-refractivity contribution >= 4 is 0 Å². The fourth-order valence-corrected chi connectivity index (χ4v) is 2.13. The average Bonchev–Trinajstić information content (AvgIpc) is 2.29. The number of ether oxygens (including phenoxy) is 1. The minimum absolute atomic E-state index is 0.174. The maximum Gasteiger partial charge on any atom is 0.0826 e. The van der Waals surface area contributed by atoms with E-state index in [-0.39, 0.29) is 18.8 Å². The van der Waals surface area contributed by atoms with E-state index in [2.05, 4.69) is 37.9 Å². The molecule has 0 aromatic heterocycles. The molecule has 1 heterocycles. The lowest BCUT2D eigenvalue weighted by Crippen LogP contribution is -2.51. The Morgan fingerprint density at radius 2 is 2.06 bits per heavy atom. The maximum atomic E-state index is 9.25. The molecular weight excluding hydrogens is 216 g/mol. The summed E-state index contributed by atoms with van der Waals surface area (Å²) in [4.78, 5) is 2.44. The van der Waals surface area contributed by atoms with Crippen LogP contribution in [-0.2, 0) is 4.74 Å². The molecule has 0 aromatic rings. The van der Waals surface area contributed by atoms with Gasteiger partial charge in [0.25, 0.3) is 0 Å². The quantitative estimate of drug-likeness (QED) is 0.722. The molecule has 1 aliphatic rings. The number of rotatable bonds is 6. The highest BCUT2D eigenvalue weighted by Gasteiger charge is 2.23. The van der Waals surface area contributed by atoms with Crippen molar-refractivity contribution in [3.05, 3.63) is 0 Å². The fourth-order valence-electron chi connectivity index (χ4n) is 2.13. The topological polar surface area (TPSA) is 44.7 Å². The Morgan fingerprint density at radius 3 is 2.59 bits per heavy atom. The minimum Gasteiger partial charge on any atom is -0.395 e.